The van der Waals surface area contributed by atoms with Gasteiger partial charge in [-0.05, 0) is 36.0 Å². The molecule has 25 heavy (non-hydrogen) atoms. The lowest BCUT2D eigenvalue weighted by Crippen LogP contribution is -2.54. The lowest BCUT2D eigenvalue weighted by atomic mass is 9.80. The average molecular weight is 355 g/mol. The Kier molecular flexibility index (Phi) is 6.72. The maximum atomic E-state index is 12.1. The highest BCUT2D eigenvalue weighted by Crippen LogP contribution is 2.27. The summed E-state index contributed by atoms with van der Waals surface area (Å²) >= 11 is 0. The predicted octanol–water partition coefficient (Wildman–Crippen LogP) is 2.01. The Balaban J connectivity index is 1.70. The smallest absolute Gasteiger partial charge is 0.387 e. The zero-order valence-corrected chi connectivity index (χ0v) is 14.8. The van der Waals surface area contributed by atoms with Gasteiger partial charge in [-0.15, -0.1) is 0 Å². The lowest BCUT2D eigenvalue weighted by Gasteiger charge is -2.42. The van der Waals surface area contributed by atoms with Crippen molar-refractivity contribution in [3.05, 3.63) is 29.8 Å². The van der Waals surface area contributed by atoms with E-state index in [0.717, 1.165) is 25.1 Å². The maximum Gasteiger partial charge on any atom is 0.387 e. The number of rotatable bonds is 7. The second-order valence-electron chi connectivity index (χ2n) is 7.22. The monoisotopic (exact) mass is 355 g/mol. The number of likely N-dealkylation sites (tertiary alicyclic amines) is 1. The first-order valence-electron chi connectivity index (χ1n) is 8.54. The van der Waals surface area contributed by atoms with E-state index in [0.29, 0.717) is 19.5 Å². The van der Waals surface area contributed by atoms with Gasteiger partial charge in [-0.25, -0.2) is 0 Å². The van der Waals surface area contributed by atoms with Crippen molar-refractivity contribution < 1.29 is 18.3 Å². The number of piperidine rings is 1. The van der Waals surface area contributed by atoms with Crippen LogP contribution in [0.1, 0.15) is 25.8 Å². The summed E-state index contributed by atoms with van der Waals surface area (Å²) in [5.41, 5.74) is 7.07. The van der Waals surface area contributed by atoms with E-state index in [1.54, 1.807) is 12.1 Å². The van der Waals surface area contributed by atoms with Crippen molar-refractivity contribution in [1.29, 1.82) is 0 Å². The molecule has 0 aliphatic carbocycles. The third kappa shape index (κ3) is 6.25. The lowest BCUT2D eigenvalue weighted by molar-refractivity contribution is -0.123. The first kappa shape index (κ1) is 19.6. The van der Waals surface area contributed by atoms with Gasteiger partial charge >= 0.3 is 6.61 Å². The summed E-state index contributed by atoms with van der Waals surface area (Å²) in [6.07, 6.45) is 1.53. The highest BCUT2D eigenvalue weighted by atomic mass is 19.3. The van der Waals surface area contributed by atoms with Gasteiger partial charge in [-0.3, -0.25) is 9.69 Å². The van der Waals surface area contributed by atoms with E-state index in [-0.39, 0.29) is 23.1 Å². The fourth-order valence-electron chi connectivity index (χ4n) is 3.06. The highest BCUT2D eigenvalue weighted by Gasteiger charge is 2.33. The summed E-state index contributed by atoms with van der Waals surface area (Å²) in [6, 6.07) is 6.62. The van der Waals surface area contributed by atoms with Gasteiger partial charge in [0.2, 0.25) is 5.91 Å². The summed E-state index contributed by atoms with van der Waals surface area (Å²) < 4.78 is 28.5. The minimum absolute atomic E-state index is 0.0103. The van der Waals surface area contributed by atoms with Gasteiger partial charge in [-0.2, -0.15) is 8.78 Å². The molecule has 0 radical (unpaired) electrons. The summed E-state index contributed by atoms with van der Waals surface area (Å²) in [5.74, 6) is 0.123. The second-order valence-corrected chi connectivity index (χ2v) is 7.22. The molecule has 0 bridgehead atoms. The van der Waals surface area contributed by atoms with Crippen molar-refractivity contribution in [2.24, 2.45) is 11.1 Å². The normalized spacial score (nSPS) is 20.5. The van der Waals surface area contributed by atoms with Gasteiger partial charge < -0.3 is 15.8 Å². The number of carbonyl (C=O) groups excluding carboxylic acids is 1. The van der Waals surface area contributed by atoms with Crippen LogP contribution in [0.4, 0.5) is 8.78 Å². The van der Waals surface area contributed by atoms with Crippen molar-refractivity contribution >= 4 is 5.91 Å². The molecule has 1 amide bonds. The minimum Gasteiger partial charge on any atom is -0.435 e. The van der Waals surface area contributed by atoms with E-state index < -0.39 is 6.61 Å². The van der Waals surface area contributed by atoms with Crippen LogP contribution in [0.3, 0.4) is 0 Å². The number of halogens is 2. The van der Waals surface area contributed by atoms with Crippen LogP contribution >= 0.6 is 0 Å². The largest absolute Gasteiger partial charge is 0.435 e. The number of nitrogens with zero attached hydrogens (tertiary/aromatic N) is 1. The quantitative estimate of drug-likeness (QED) is 0.785. The van der Waals surface area contributed by atoms with Crippen LogP contribution in [-0.4, -0.2) is 49.6 Å². The standard InChI is InChI=1S/C18H27F2N3O2/c1-18(2)12-23(10-8-15(18)21)11-16(24)22-9-7-13-3-5-14(6-4-13)25-17(19)20/h3-6,15,17H,7-12,21H2,1-2H3,(H,22,24). The first-order chi connectivity index (χ1) is 11.8. The van der Waals surface area contributed by atoms with Crippen LogP contribution in [0.5, 0.6) is 5.75 Å². The molecule has 1 saturated heterocycles. The van der Waals surface area contributed by atoms with Gasteiger partial charge in [0.05, 0.1) is 6.54 Å². The summed E-state index contributed by atoms with van der Waals surface area (Å²) in [7, 11) is 0. The van der Waals surface area contributed by atoms with Crippen LogP contribution in [0.15, 0.2) is 24.3 Å². The fraction of sp³-hybridized carbons (Fsp3) is 0.611. The van der Waals surface area contributed by atoms with Gasteiger partial charge in [-0.1, -0.05) is 26.0 Å². The summed E-state index contributed by atoms with van der Waals surface area (Å²) in [6.45, 7) is 3.96. The predicted molar refractivity (Wildman–Crippen MR) is 92.6 cm³/mol. The zero-order chi connectivity index (χ0) is 18.4. The summed E-state index contributed by atoms with van der Waals surface area (Å²) in [5, 5.41) is 2.90. The van der Waals surface area contributed by atoms with Gasteiger partial charge in [0.15, 0.2) is 0 Å². The van der Waals surface area contributed by atoms with Gasteiger partial charge in [0.1, 0.15) is 5.75 Å². The molecule has 0 spiro atoms. The number of nitrogens with two attached hydrogens (primary N) is 1. The minimum atomic E-state index is -2.82. The number of benzene rings is 1. The fourth-order valence-corrected chi connectivity index (χ4v) is 3.06. The molecule has 1 heterocycles. The van der Waals surface area contributed by atoms with E-state index >= 15 is 0 Å². The van der Waals surface area contributed by atoms with Gasteiger partial charge in [0, 0.05) is 25.7 Å². The molecule has 7 heteroatoms. The van der Waals surface area contributed by atoms with Crippen molar-refractivity contribution in [2.75, 3.05) is 26.2 Å². The van der Waals surface area contributed by atoms with Crippen molar-refractivity contribution in [3.8, 4) is 5.75 Å². The molecule has 0 saturated carbocycles. The Labute approximate surface area is 147 Å². The van der Waals surface area contributed by atoms with E-state index in [2.05, 4.69) is 28.8 Å². The number of carbonyl (C=O) groups is 1. The molecule has 1 unspecified atom stereocenters. The summed E-state index contributed by atoms with van der Waals surface area (Å²) in [4.78, 5) is 14.2. The van der Waals surface area contributed by atoms with E-state index in [1.165, 1.54) is 12.1 Å². The molecular formula is C18H27F2N3O2. The number of nitrogens with one attached hydrogen (secondary N) is 1. The zero-order valence-electron chi connectivity index (χ0n) is 14.8. The molecule has 2 rings (SSSR count). The van der Waals surface area contributed by atoms with Crippen molar-refractivity contribution in [3.63, 3.8) is 0 Å². The average Bonchev–Trinajstić information content (AvgIpc) is 2.52. The van der Waals surface area contributed by atoms with Crippen LogP contribution in [0, 0.1) is 5.41 Å². The number of ether oxygens (including phenoxy) is 1. The SMILES string of the molecule is CC1(C)CN(CC(=O)NCCc2ccc(OC(F)F)cc2)CCC1N. The Morgan fingerprint density at radius 2 is 2.08 bits per heavy atom. The Morgan fingerprint density at radius 1 is 1.40 bits per heavy atom. The molecule has 1 atom stereocenters. The first-order valence-corrected chi connectivity index (χ1v) is 8.54. The van der Waals surface area contributed by atoms with Crippen molar-refractivity contribution in [1.82, 2.24) is 10.2 Å². The molecular weight excluding hydrogens is 328 g/mol. The number of alkyl halides is 2. The van der Waals surface area contributed by atoms with Gasteiger partial charge in [0.25, 0.3) is 0 Å². The third-order valence-corrected chi connectivity index (χ3v) is 4.64. The Morgan fingerprint density at radius 3 is 2.68 bits per heavy atom. The molecule has 0 aromatic heterocycles. The molecule has 1 aromatic rings. The molecule has 1 aliphatic rings. The number of hydrogen-bond donors (Lipinski definition) is 2. The second kappa shape index (κ2) is 8.58. The van der Waals surface area contributed by atoms with Crippen LogP contribution in [0.2, 0.25) is 0 Å². The number of hydrogen-bond acceptors (Lipinski definition) is 4. The Hall–Kier alpha value is -1.73. The van der Waals surface area contributed by atoms with Crippen LogP contribution in [0.25, 0.3) is 0 Å². The van der Waals surface area contributed by atoms with E-state index in [4.69, 9.17) is 5.73 Å². The van der Waals surface area contributed by atoms with Crippen LogP contribution in [-0.2, 0) is 11.2 Å². The molecule has 1 aromatic carbocycles. The van der Waals surface area contributed by atoms with E-state index in [1.807, 2.05) is 0 Å². The molecule has 1 aliphatic heterocycles. The molecule has 5 nitrogen and oxygen atoms in total. The van der Waals surface area contributed by atoms with Crippen LogP contribution < -0.4 is 15.8 Å². The Bertz CT molecular complexity index is 564. The molecule has 140 valence electrons. The third-order valence-electron chi connectivity index (χ3n) is 4.64. The number of amides is 1. The maximum absolute atomic E-state index is 12.1. The molecule has 1 fully saturated rings. The molecule has 3 N–H and O–H groups in total. The topological polar surface area (TPSA) is 67.6 Å². The highest BCUT2D eigenvalue weighted by molar-refractivity contribution is 5.78. The van der Waals surface area contributed by atoms with Crippen molar-refractivity contribution in [2.45, 2.75) is 39.3 Å². The van der Waals surface area contributed by atoms with E-state index in [9.17, 15) is 13.6 Å².